The Morgan fingerprint density at radius 2 is 1.78 bits per heavy atom. The van der Waals surface area contributed by atoms with Crippen molar-refractivity contribution in [2.45, 2.75) is 70.0 Å². The lowest BCUT2D eigenvalue weighted by Crippen LogP contribution is -2.47. The standard InChI is InChI=1S/C25H30N2O9/c1-24(2)32-11-16(34-24)19-20(21-23(33-19)36-25(3,4)35-21)31-12-17(28)26-27-22(30)15-10-9-13-7-5-6-8-14(13)18(15)29/h5-10,16,19-21,23,29H,11-12H2,1-4H3,(H,26,28)(H,27,30)/t16-,19-,20+,21-,23-/m1/s1. The maximum Gasteiger partial charge on any atom is 0.273 e. The molecule has 0 unspecified atom stereocenters. The average Bonchev–Trinajstić information content (AvgIpc) is 3.44. The molecule has 194 valence electrons. The molecule has 11 heteroatoms. The highest BCUT2D eigenvalue weighted by Gasteiger charge is 2.59. The highest BCUT2D eigenvalue weighted by Crippen LogP contribution is 2.41. The van der Waals surface area contributed by atoms with Gasteiger partial charge in [0, 0.05) is 5.39 Å². The summed E-state index contributed by atoms with van der Waals surface area (Å²) in [5, 5.41) is 11.8. The molecule has 3 N–H and O–H groups in total. The van der Waals surface area contributed by atoms with Gasteiger partial charge in [-0.25, -0.2) is 0 Å². The molecule has 36 heavy (non-hydrogen) atoms. The number of ether oxygens (including phenoxy) is 6. The summed E-state index contributed by atoms with van der Waals surface area (Å²) in [6.07, 6.45) is -2.96. The Bertz CT molecular complexity index is 1170. The van der Waals surface area contributed by atoms with Crippen LogP contribution < -0.4 is 10.9 Å². The molecule has 5 rings (SSSR count). The first-order chi connectivity index (χ1) is 17.0. The number of rotatable bonds is 5. The van der Waals surface area contributed by atoms with Gasteiger partial charge in [0.2, 0.25) is 0 Å². The summed E-state index contributed by atoms with van der Waals surface area (Å²) in [7, 11) is 0. The molecule has 0 aromatic heterocycles. The predicted molar refractivity (Wildman–Crippen MR) is 125 cm³/mol. The van der Waals surface area contributed by atoms with E-state index in [1.165, 1.54) is 6.07 Å². The molecule has 3 saturated heterocycles. The van der Waals surface area contributed by atoms with Crippen molar-refractivity contribution in [2.24, 2.45) is 0 Å². The molecule has 3 aliphatic heterocycles. The van der Waals surface area contributed by atoms with Gasteiger partial charge in [-0.05, 0) is 39.1 Å². The number of aromatic hydroxyl groups is 1. The van der Waals surface area contributed by atoms with Crippen LogP contribution in [-0.4, -0.2) is 72.4 Å². The molecule has 2 aromatic carbocycles. The third-order valence-corrected chi connectivity index (χ3v) is 6.29. The van der Waals surface area contributed by atoms with Gasteiger partial charge in [0.1, 0.15) is 36.8 Å². The van der Waals surface area contributed by atoms with E-state index in [1.54, 1.807) is 45.9 Å². The molecular formula is C25H30N2O9. The number of nitrogens with one attached hydrogen (secondary N) is 2. The Morgan fingerprint density at radius 3 is 2.53 bits per heavy atom. The first-order valence-electron chi connectivity index (χ1n) is 11.8. The zero-order valence-corrected chi connectivity index (χ0v) is 20.5. The van der Waals surface area contributed by atoms with Crippen molar-refractivity contribution in [3.63, 3.8) is 0 Å². The Hall–Kier alpha value is -2.80. The van der Waals surface area contributed by atoms with Crippen molar-refractivity contribution in [1.82, 2.24) is 10.9 Å². The summed E-state index contributed by atoms with van der Waals surface area (Å²) in [5.41, 5.74) is 4.65. The summed E-state index contributed by atoms with van der Waals surface area (Å²) in [6.45, 7) is 7.04. The molecule has 2 aromatic rings. The topological polar surface area (TPSA) is 134 Å². The third-order valence-electron chi connectivity index (χ3n) is 6.29. The van der Waals surface area contributed by atoms with Gasteiger partial charge in [-0.1, -0.05) is 30.3 Å². The number of benzene rings is 2. The molecule has 5 atom stereocenters. The second-order valence-corrected chi connectivity index (χ2v) is 9.90. The number of fused-ring (bicyclic) bond motifs is 2. The van der Waals surface area contributed by atoms with Crippen LogP contribution in [0.25, 0.3) is 10.8 Å². The van der Waals surface area contributed by atoms with E-state index in [0.29, 0.717) is 5.39 Å². The third kappa shape index (κ3) is 4.90. The molecule has 11 nitrogen and oxygen atoms in total. The van der Waals surface area contributed by atoms with Crippen LogP contribution in [0.5, 0.6) is 5.75 Å². The summed E-state index contributed by atoms with van der Waals surface area (Å²) in [5.74, 6) is -3.08. The molecule has 2 amide bonds. The second kappa shape index (κ2) is 9.25. The average molecular weight is 503 g/mol. The van der Waals surface area contributed by atoms with Crippen molar-refractivity contribution >= 4 is 22.6 Å². The maximum atomic E-state index is 12.6. The highest BCUT2D eigenvalue weighted by atomic mass is 16.8. The van der Waals surface area contributed by atoms with Gasteiger partial charge in [-0.3, -0.25) is 20.4 Å². The van der Waals surface area contributed by atoms with E-state index in [4.69, 9.17) is 28.4 Å². The van der Waals surface area contributed by atoms with Crippen LogP contribution in [0.15, 0.2) is 36.4 Å². The van der Waals surface area contributed by atoms with Crippen molar-refractivity contribution in [1.29, 1.82) is 0 Å². The zero-order valence-electron chi connectivity index (χ0n) is 20.5. The first kappa shape index (κ1) is 24.9. The quantitative estimate of drug-likeness (QED) is 0.523. The molecule has 0 saturated carbocycles. The Labute approximate surface area is 207 Å². The molecule has 0 spiro atoms. The monoisotopic (exact) mass is 502 g/mol. The Balaban J connectivity index is 1.20. The van der Waals surface area contributed by atoms with Gasteiger partial charge in [-0.15, -0.1) is 0 Å². The van der Waals surface area contributed by atoms with E-state index < -0.39 is 60.7 Å². The number of hydrogen-bond acceptors (Lipinski definition) is 9. The van der Waals surface area contributed by atoms with Crippen LogP contribution >= 0.6 is 0 Å². The summed E-state index contributed by atoms with van der Waals surface area (Å²) in [6, 6.07) is 10.3. The first-order valence-corrected chi connectivity index (χ1v) is 11.8. The van der Waals surface area contributed by atoms with Gasteiger partial charge in [0.25, 0.3) is 11.8 Å². The van der Waals surface area contributed by atoms with Crippen LogP contribution in [0.2, 0.25) is 0 Å². The van der Waals surface area contributed by atoms with E-state index in [-0.39, 0.29) is 17.9 Å². The summed E-state index contributed by atoms with van der Waals surface area (Å²) in [4.78, 5) is 25.1. The Morgan fingerprint density at radius 1 is 1.00 bits per heavy atom. The van der Waals surface area contributed by atoms with Crippen LogP contribution in [0, 0.1) is 0 Å². The molecule has 0 radical (unpaired) electrons. The number of hydrazine groups is 1. The molecule has 0 bridgehead atoms. The smallest absolute Gasteiger partial charge is 0.273 e. The van der Waals surface area contributed by atoms with Crippen molar-refractivity contribution in [3.05, 3.63) is 42.0 Å². The van der Waals surface area contributed by atoms with Crippen molar-refractivity contribution < 1.29 is 43.1 Å². The fourth-order valence-corrected chi connectivity index (χ4v) is 4.71. The van der Waals surface area contributed by atoms with Crippen LogP contribution in [-0.2, 0) is 33.2 Å². The van der Waals surface area contributed by atoms with Crippen molar-refractivity contribution in [3.8, 4) is 5.75 Å². The predicted octanol–water partition coefficient (Wildman–Crippen LogP) is 1.72. The van der Waals surface area contributed by atoms with Crippen LogP contribution in [0.4, 0.5) is 0 Å². The molecular weight excluding hydrogens is 472 g/mol. The summed E-state index contributed by atoms with van der Waals surface area (Å²) < 4.78 is 35.3. The number of carbonyl (C=O) groups is 2. The molecule has 3 heterocycles. The fraction of sp³-hybridized carbons (Fsp3) is 0.520. The van der Waals surface area contributed by atoms with E-state index in [2.05, 4.69) is 10.9 Å². The van der Waals surface area contributed by atoms with E-state index in [0.717, 1.165) is 5.39 Å². The van der Waals surface area contributed by atoms with Gasteiger partial charge in [0.15, 0.2) is 17.9 Å². The SMILES string of the molecule is CC1(C)O[C@H]2O[C@H]([C@H]3COC(C)(C)O3)[C@H](OCC(=O)NNC(=O)c3ccc4ccccc4c3O)[C@H]2O1. The largest absolute Gasteiger partial charge is 0.506 e. The van der Waals surface area contributed by atoms with Crippen LogP contribution in [0.1, 0.15) is 38.1 Å². The lowest BCUT2D eigenvalue weighted by molar-refractivity contribution is -0.235. The molecule has 3 aliphatic rings. The lowest BCUT2D eigenvalue weighted by Gasteiger charge is -2.28. The fourth-order valence-electron chi connectivity index (χ4n) is 4.71. The zero-order chi connectivity index (χ0) is 25.7. The van der Waals surface area contributed by atoms with E-state index >= 15 is 0 Å². The second-order valence-electron chi connectivity index (χ2n) is 9.90. The number of amides is 2. The minimum absolute atomic E-state index is 0.0294. The van der Waals surface area contributed by atoms with E-state index in [9.17, 15) is 14.7 Å². The molecule has 0 aliphatic carbocycles. The maximum absolute atomic E-state index is 12.6. The minimum atomic E-state index is -0.869. The van der Waals surface area contributed by atoms with Gasteiger partial charge in [-0.2, -0.15) is 0 Å². The number of phenolic OH excluding ortho intramolecular Hbond substituents is 1. The number of hydrogen-bond donors (Lipinski definition) is 3. The minimum Gasteiger partial charge on any atom is -0.506 e. The van der Waals surface area contributed by atoms with Crippen molar-refractivity contribution in [2.75, 3.05) is 13.2 Å². The lowest BCUT2D eigenvalue weighted by atomic mass is 10.1. The normalized spacial score (nSPS) is 30.3. The van der Waals surface area contributed by atoms with E-state index in [1.807, 2.05) is 12.1 Å². The van der Waals surface area contributed by atoms with Gasteiger partial charge >= 0.3 is 0 Å². The van der Waals surface area contributed by atoms with Gasteiger partial charge < -0.3 is 33.5 Å². The molecule has 3 fully saturated rings. The Kier molecular flexibility index (Phi) is 6.39. The number of phenols is 1. The number of carbonyl (C=O) groups excluding carboxylic acids is 2. The highest BCUT2D eigenvalue weighted by molar-refractivity contribution is 6.04. The van der Waals surface area contributed by atoms with Gasteiger partial charge in [0.05, 0.1) is 12.2 Å². The summed E-state index contributed by atoms with van der Waals surface area (Å²) >= 11 is 0. The van der Waals surface area contributed by atoms with Crippen LogP contribution in [0.3, 0.4) is 0 Å².